The Morgan fingerprint density at radius 2 is 0.387 bits per heavy atom. The maximum absolute atomic E-state index is 2.47. The maximum atomic E-state index is 2.47. The number of rotatable bonds is 13. The Kier molecular flexibility index (Phi) is 18.0. The molecule has 2 heterocycles. The Balaban J connectivity index is 0.000000143. The van der Waals surface area contributed by atoms with Gasteiger partial charge in [-0.25, -0.2) is 0 Å². The Morgan fingerprint density at radius 1 is 0.145 bits per heavy atom. The van der Waals surface area contributed by atoms with Gasteiger partial charge in [-0.2, -0.15) is 0 Å². The van der Waals surface area contributed by atoms with E-state index >= 15 is 0 Å². The normalized spacial score (nSPS) is 12.9. The highest BCUT2D eigenvalue weighted by Crippen LogP contribution is 2.66. The lowest BCUT2D eigenvalue weighted by atomic mass is 9.64. The molecule has 0 N–H and O–H groups in total. The number of hydrogen-bond donors (Lipinski definition) is 0. The van der Waals surface area contributed by atoms with Crippen LogP contribution in [0, 0.1) is 0 Å². The van der Waals surface area contributed by atoms with Crippen molar-refractivity contribution in [3.05, 3.63) is 542 Å². The first kappa shape index (κ1) is 73.0. The smallest absolute Gasteiger partial charge is 0.0755 e. The fourth-order valence-electron chi connectivity index (χ4n) is 20.4. The summed E-state index contributed by atoms with van der Waals surface area (Å²) < 4.78 is 0. The van der Waals surface area contributed by atoms with Gasteiger partial charge in [0.1, 0.15) is 0 Å². The van der Waals surface area contributed by atoms with Crippen LogP contribution in [0.3, 0.4) is 0 Å². The predicted octanol–water partition coefficient (Wildman–Crippen LogP) is 32.1. The van der Waals surface area contributed by atoms with Crippen LogP contribution in [0.25, 0.3) is 88.7 Å². The molecule has 0 unspecified atom stereocenters. The molecule has 2 spiro atoms. The highest BCUT2D eigenvalue weighted by atomic mass is 15.2. The number of anilines is 12. The van der Waals surface area contributed by atoms with E-state index < -0.39 is 10.8 Å². The number of benzene rings is 20. The van der Waals surface area contributed by atoms with E-state index in [1.807, 2.05) is 0 Å². The number of para-hydroxylation sites is 7. The molecule has 0 atom stereocenters. The minimum atomic E-state index is -0.557. The van der Waals surface area contributed by atoms with Gasteiger partial charge in [0.2, 0.25) is 0 Å². The minimum absolute atomic E-state index is 0.536. The van der Waals surface area contributed by atoms with Crippen LogP contribution in [0.2, 0.25) is 0 Å². The molecule has 4 heteroatoms. The van der Waals surface area contributed by atoms with Gasteiger partial charge >= 0.3 is 0 Å². The van der Waals surface area contributed by atoms with Gasteiger partial charge in [-0.3, -0.25) is 0 Å². The van der Waals surface area contributed by atoms with Crippen molar-refractivity contribution in [2.75, 3.05) is 19.6 Å². The Labute approximate surface area is 724 Å². The topological polar surface area (TPSA) is 13.0 Å². The van der Waals surface area contributed by atoms with Crippen LogP contribution in [0.4, 0.5) is 68.2 Å². The van der Waals surface area contributed by atoms with Crippen LogP contribution in [0.15, 0.2) is 497 Å². The summed E-state index contributed by atoms with van der Waals surface area (Å²) in [4.78, 5) is 9.71. The van der Waals surface area contributed by atoms with Crippen molar-refractivity contribution in [1.29, 1.82) is 0 Å². The van der Waals surface area contributed by atoms with Crippen LogP contribution < -0.4 is 19.6 Å². The van der Waals surface area contributed by atoms with Gasteiger partial charge in [-0.05, 0) is 261 Å². The largest absolute Gasteiger partial charge is 0.310 e. The van der Waals surface area contributed by atoms with Gasteiger partial charge in [0.05, 0.1) is 33.6 Å². The summed E-state index contributed by atoms with van der Waals surface area (Å²) in [5.74, 6) is 0. The van der Waals surface area contributed by atoms with E-state index in [1.165, 1.54) is 156 Å². The first-order chi connectivity index (χ1) is 61.5. The van der Waals surface area contributed by atoms with Gasteiger partial charge in [0, 0.05) is 45.5 Å². The van der Waals surface area contributed by atoms with Crippen molar-refractivity contribution in [1.82, 2.24) is 0 Å². The van der Waals surface area contributed by atoms with Crippen LogP contribution in [-0.4, -0.2) is 0 Å². The first-order valence-electron chi connectivity index (χ1n) is 42.8. The molecular weight excluding hydrogens is 1500 g/mol. The second kappa shape index (κ2) is 30.6. The SMILES string of the molecule is c1ccc(-c2ccc(-c3ccc(N(c4ccc(-c5ccccc5)cc4)c4ccc5c(c4)C4(c6ccccc6-5)c5ccccc5N(c5ccccc5)c5ccccc54)cc3)cc2)cc1.c1ccc(N(c2ccc(-c3ccc(-c4ccc5ccccc5c4)cc3)cc2)c2ccc3c(c2)C2(c4ccccc4-3)c3ccccc3N(c3ccccc3)c3ccccc32)cc1. The average molecular weight is 1580 g/mol. The molecular formula is C120H82N4. The zero-order valence-corrected chi connectivity index (χ0v) is 68.1. The lowest BCUT2D eigenvalue weighted by Gasteiger charge is -2.45. The van der Waals surface area contributed by atoms with Crippen LogP contribution in [-0.2, 0) is 10.8 Å². The van der Waals surface area contributed by atoms with Crippen LogP contribution >= 0.6 is 0 Å². The fraction of sp³-hybridized carbons (Fsp3) is 0.0167. The summed E-state index contributed by atoms with van der Waals surface area (Å²) in [6.07, 6.45) is 0. The van der Waals surface area contributed by atoms with Gasteiger partial charge in [-0.15, -0.1) is 0 Å². The molecule has 0 saturated carbocycles. The molecule has 0 amide bonds. The zero-order chi connectivity index (χ0) is 82.1. The lowest BCUT2D eigenvalue weighted by Crippen LogP contribution is -2.36. The van der Waals surface area contributed by atoms with E-state index in [1.54, 1.807) is 0 Å². The van der Waals surface area contributed by atoms with Crippen LogP contribution in [0.1, 0.15) is 44.5 Å². The third-order valence-electron chi connectivity index (χ3n) is 25.9. The third kappa shape index (κ3) is 12.1. The van der Waals surface area contributed by atoms with Gasteiger partial charge in [0.15, 0.2) is 0 Å². The maximum Gasteiger partial charge on any atom is 0.0755 e. The molecule has 20 aromatic rings. The van der Waals surface area contributed by atoms with E-state index in [0.29, 0.717) is 0 Å². The van der Waals surface area contributed by atoms with E-state index in [4.69, 9.17) is 0 Å². The summed E-state index contributed by atoms with van der Waals surface area (Å²) in [5, 5.41) is 2.52. The summed E-state index contributed by atoms with van der Waals surface area (Å²) in [6, 6.07) is 182. The summed E-state index contributed by atoms with van der Waals surface area (Å²) in [6.45, 7) is 0. The molecule has 20 aromatic carbocycles. The third-order valence-corrected chi connectivity index (χ3v) is 25.9. The van der Waals surface area contributed by atoms with Gasteiger partial charge < -0.3 is 19.6 Å². The molecule has 124 heavy (non-hydrogen) atoms. The van der Waals surface area contributed by atoms with Crippen molar-refractivity contribution in [2.45, 2.75) is 10.8 Å². The van der Waals surface area contributed by atoms with Crippen molar-refractivity contribution < 1.29 is 0 Å². The fourth-order valence-corrected chi connectivity index (χ4v) is 20.4. The molecule has 0 fully saturated rings. The molecule has 0 saturated heterocycles. The standard InChI is InChI=1S/C61H42N2.C59H40N2/c1-4-16-43(17-5-1)45-28-30-46(31-29-45)48-34-38-51(39-35-48)62(50-36-32-47(33-37-50)44-18-6-2-7-19-44)52-40-41-54-53-22-10-11-23-55(53)61(58(54)42-52)56-24-12-14-26-59(56)63(49-20-8-3-9-21-49)60-27-15-13-25-57(60)61;1-3-17-47(18-4-1)60(49-35-33-43(34-36-49)42-27-29-44(30-28-42)46-32-31-41-15-7-8-16-45(41)39-46)50-37-38-52-51-21-9-10-22-53(51)59(56(52)40-50)54-23-11-13-25-57(54)61(48-19-5-2-6-20-48)58-26-14-12-24-55(58)59/h1-42H;1-40H. The van der Waals surface area contributed by atoms with Crippen molar-refractivity contribution in [3.63, 3.8) is 0 Å². The molecule has 2 aliphatic heterocycles. The molecule has 0 aromatic heterocycles. The van der Waals surface area contributed by atoms with E-state index in [0.717, 1.165) is 45.5 Å². The molecule has 4 nitrogen and oxygen atoms in total. The Hall–Kier alpha value is -16.1. The highest BCUT2D eigenvalue weighted by molar-refractivity contribution is 6.00. The Bertz CT molecular complexity index is 7280. The summed E-state index contributed by atoms with van der Waals surface area (Å²) in [7, 11) is 0. The van der Waals surface area contributed by atoms with Crippen molar-refractivity contribution in [2.24, 2.45) is 0 Å². The molecule has 0 bridgehead atoms. The van der Waals surface area contributed by atoms with Crippen molar-refractivity contribution in [3.8, 4) is 77.9 Å². The first-order valence-corrected chi connectivity index (χ1v) is 42.8. The van der Waals surface area contributed by atoms with Gasteiger partial charge in [0.25, 0.3) is 0 Å². The minimum Gasteiger partial charge on any atom is -0.310 e. The second-order valence-corrected chi connectivity index (χ2v) is 32.6. The molecule has 2 aliphatic carbocycles. The molecule has 582 valence electrons. The average Bonchev–Trinajstić information content (AvgIpc) is 1.49. The summed E-state index contributed by atoms with van der Waals surface area (Å²) >= 11 is 0. The predicted molar refractivity (Wildman–Crippen MR) is 518 cm³/mol. The summed E-state index contributed by atoms with van der Waals surface area (Å²) in [5.41, 5.74) is 40.0. The Morgan fingerprint density at radius 3 is 0.750 bits per heavy atom. The zero-order valence-electron chi connectivity index (χ0n) is 68.1. The van der Waals surface area contributed by atoms with Crippen molar-refractivity contribution >= 4 is 79.0 Å². The molecule has 24 rings (SSSR count). The van der Waals surface area contributed by atoms with E-state index in [-0.39, 0.29) is 0 Å². The number of nitrogens with zero attached hydrogens (tertiary/aromatic N) is 4. The lowest BCUT2D eigenvalue weighted by molar-refractivity contribution is 0.752. The second-order valence-electron chi connectivity index (χ2n) is 32.6. The molecule has 4 aliphatic rings. The molecule has 0 radical (unpaired) electrons. The number of fused-ring (bicyclic) bond motifs is 19. The van der Waals surface area contributed by atoms with E-state index in [2.05, 4.69) is 517 Å². The number of hydrogen-bond acceptors (Lipinski definition) is 4. The highest BCUT2D eigenvalue weighted by Gasteiger charge is 2.54. The van der Waals surface area contributed by atoms with E-state index in [9.17, 15) is 0 Å². The van der Waals surface area contributed by atoms with Crippen LogP contribution in [0.5, 0.6) is 0 Å². The van der Waals surface area contributed by atoms with Gasteiger partial charge in [-0.1, -0.05) is 370 Å². The quantitative estimate of drug-likeness (QED) is 0.114. The monoisotopic (exact) mass is 1580 g/mol.